The van der Waals surface area contributed by atoms with Crippen molar-refractivity contribution in [3.63, 3.8) is 0 Å². The first-order valence-corrected chi connectivity index (χ1v) is 3.50. The van der Waals surface area contributed by atoms with Crippen molar-refractivity contribution in [1.29, 1.82) is 0 Å². The van der Waals surface area contributed by atoms with Gasteiger partial charge in [-0.15, -0.1) is 12.4 Å². The second-order valence-electron chi connectivity index (χ2n) is 1.70. The summed E-state index contributed by atoms with van der Waals surface area (Å²) in [5.41, 5.74) is 0.394. The van der Waals surface area contributed by atoms with E-state index in [1.807, 2.05) is 0 Å². The highest BCUT2D eigenvalue weighted by atomic mass is 35.5. The van der Waals surface area contributed by atoms with Crippen LogP contribution in [0.1, 0.15) is 0 Å². The Morgan fingerprint density at radius 2 is 2.00 bits per heavy atom. The summed E-state index contributed by atoms with van der Waals surface area (Å²) in [5.74, 6) is -2.08. The van der Waals surface area contributed by atoms with Gasteiger partial charge in [0.25, 0.3) is 0 Å². The summed E-state index contributed by atoms with van der Waals surface area (Å²) < 4.78 is 34.2. The number of thioether (sulfide) groups is 1. The summed E-state index contributed by atoms with van der Waals surface area (Å²) in [7, 11) is 0. The van der Waals surface area contributed by atoms with Gasteiger partial charge in [-0.05, 0) is 11.8 Å². The number of aliphatic carboxylic acids is 1. The smallest absolute Gasteiger partial charge is 0.441 e. The molecule has 0 saturated heterocycles. The van der Waals surface area contributed by atoms with E-state index in [2.05, 4.69) is 0 Å². The summed E-state index contributed by atoms with van der Waals surface area (Å²) in [6.07, 6.45) is 0. The fraction of sp³-hybridized carbons (Fsp3) is 0.750. The second-order valence-corrected chi connectivity index (χ2v) is 2.79. The number of carboxylic acid groups (broad SMARTS) is 1. The average Bonchev–Trinajstić information content (AvgIpc) is 1.80. The molecule has 0 aliphatic rings. The molecule has 0 aromatic heterocycles. The molecule has 12 heavy (non-hydrogen) atoms. The van der Waals surface area contributed by atoms with Crippen LogP contribution in [-0.4, -0.2) is 28.4 Å². The van der Waals surface area contributed by atoms with Crippen molar-refractivity contribution in [3.05, 3.63) is 0 Å². The summed E-state index contributed by atoms with van der Waals surface area (Å²) in [4.78, 5) is 9.91. The highest BCUT2D eigenvalue weighted by molar-refractivity contribution is 8.00. The second kappa shape index (κ2) is 5.50. The number of hydrogen-bond donors (Lipinski definition) is 2. The molecule has 0 fully saturated rings. The summed E-state index contributed by atoms with van der Waals surface area (Å²) in [5, 5.41) is 8.07. The van der Waals surface area contributed by atoms with E-state index in [-0.39, 0.29) is 12.4 Å². The Morgan fingerprint density at radius 3 is 2.25 bits per heavy atom. The number of hydrogen-bond acceptors (Lipinski definition) is 3. The van der Waals surface area contributed by atoms with Gasteiger partial charge in [0.2, 0.25) is 0 Å². The standard InChI is InChI=1S/C4H6F3NO2S.ClH/c5-4(6,7)11-1-2(8)3(9)10;/h2H,1,8H2,(H,9,10);1H/t2-;/m0./s1. The number of nitrogens with two attached hydrogens (primary N) is 1. The molecule has 0 spiro atoms. The number of carboxylic acids is 1. The lowest BCUT2D eigenvalue weighted by Crippen LogP contribution is -2.33. The zero-order valence-corrected chi connectivity index (χ0v) is 7.30. The van der Waals surface area contributed by atoms with Crippen molar-refractivity contribution in [2.45, 2.75) is 11.6 Å². The number of halogens is 4. The van der Waals surface area contributed by atoms with Gasteiger partial charge in [-0.1, -0.05) is 0 Å². The van der Waals surface area contributed by atoms with E-state index in [1.54, 1.807) is 0 Å². The van der Waals surface area contributed by atoms with E-state index in [0.29, 0.717) is 0 Å². The monoisotopic (exact) mass is 225 g/mol. The quantitative estimate of drug-likeness (QED) is 0.754. The van der Waals surface area contributed by atoms with Gasteiger partial charge in [-0.3, -0.25) is 4.79 Å². The summed E-state index contributed by atoms with van der Waals surface area (Å²) >= 11 is -0.436. The third kappa shape index (κ3) is 7.96. The van der Waals surface area contributed by atoms with Crippen molar-refractivity contribution in [3.8, 4) is 0 Å². The topological polar surface area (TPSA) is 63.3 Å². The minimum absolute atomic E-state index is 0. The molecular weight excluding hydrogens is 219 g/mol. The van der Waals surface area contributed by atoms with Crippen molar-refractivity contribution >= 4 is 30.1 Å². The Bertz CT molecular complexity index is 154. The molecule has 0 unspecified atom stereocenters. The maximum absolute atomic E-state index is 11.4. The van der Waals surface area contributed by atoms with E-state index >= 15 is 0 Å². The summed E-state index contributed by atoms with van der Waals surface area (Å²) in [6.45, 7) is 0. The van der Waals surface area contributed by atoms with E-state index < -0.39 is 35.0 Å². The van der Waals surface area contributed by atoms with Crippen LogP contribution in [0.25, 0.3) is 0 Å². The van der Waals surface area contributed by atoms with Crippen molar-refractivity contribution in [2.24, 2.45) is 5.73 Å². The first-order valence-electron chi connectivity index (χ1n) is 2.52. The molecular formula is C4H7ClF3NO2S. The number of carbonyl (C=O) groups is 1. The highest BCUT2D eigenvalue weighted by Crippen LogP contribution is 2.30. The molecule has 0 heterocycles. The minimum atomic E-state index is -4.41. The number of alkyl halides is 3. The van der Waals surface area contributed by atoms with Crippen LogP contribution in [0.3, 0.4) is 0 Å². The maximum Gasteiger partial charge on any atom is 0.441 e. The van der Waals surface area contributed by atoms with Crippen LogP contribution in [0.2, 0.25) is 0 Å². The Hall–Kier alpha value is -0.140. The van der Waals surface area contributed by atoms with Crippen LogP contribution in [0, 0.1) is 0 Å². The summed E-state index contributed by atoms with van der Waals surface area (Å²) in [6, 6.07) is -1.46. The Labute approximate surface area is 76.9 Å². The predicted octanol–water partition coefficient (Wildman–Crippen LogP) is 1.07. The highest BCUT2D eigenvalue weighted by Gasteiger charge is 2.30. The molecule has 0 aliphatic carbocycles. The molecule has 74 valence electrons. The average molecular weight is 226 g/mol. The van der Waals surface area contributed by atoms with E-state index in [1.165, 1.54) is 0 Å². The molecule has 0 bridgehead atoms. The molecule has 0 aromatic rings. The first kappa shape index (κ1) is 14.4. The zero-order valence-electron chi connectivity index (χ0n) is 5.67. The van der Waals surface area contributed by atoms with E-state index in [9.17, 15) is 18.0 Å². The molecule has 0 rings (SSSR count). The third-order valence-electron chi connectivity index (χ3n) is 0.744. The van der Waals surface area contributed by atoms with Gasteiger partial charge in [0.1, 0.15) is 6.04 Å². The normalized spacial score (nSPS) is 13.3. The SMILES string of the molecule is Cl.N[C@@H](CSC(F)(F)F)C(=O)O. The van der Waals surface area contributed by atoms with Crippen LogP contribution in [0.4, 0.5) is 13.2 Å². The van der Waals surface area contributed by atoms with Crippen molar-refractivity contribution in [1.82, 2.24) is 0 Å². The molecule has 0 radical (unpaired) electrons. The van der Waals surface area contributed by atoms with E-state index in [4.69, 9.17) is 10.8 Å². The van der Waals surface area contributed by atoms with Crippen LogP contribution in [0.15, 0.2) is 0 Å². The molecule has 0 aliphatic heterocycles. The van der Waals surface area contributed by atoms with E-state index in [0.717, 1.165) is 0 Å². The van der Waals surface area contributed by atoms with Gasteiger partial charge in [0.15, 0.2) is 0 Å². The Kier molecular flexibility index (Phi) is 6.59. The zero-order chi connectivity index (χ0) is 9.07. The minimum Gasteiger partial charge on any atom is -0.480 e. The Balaban J connectivity index is 0. The maximum atomic E-state index is 11.4. The van der Waals surface area contributed by atoms with Gasteiger partial charge in [0.05, 0.1) is 0 Å². The molecule has 3 N–H and O–H groups in total. The fourth-order valence-corrected chi connectivity index (χ4v) is 0.767. The van der Waals surface area contributed by atoms with Crippen LogP contribution in [-0.2, 0) is 4.79 Å². The third-order valence-corrected chi connectivity index (χ3v) is 1.60. The van der Waals surface area contributed by atoms with Crippen LogP contribution >= 0.6 is 24.2 Å². The lowest BCUT2D eigenvalue weighted by Gasteiger charge is -2.07. The number of rotatable bonds is 3. The lowest BCUT2D eigenvalue weighted by atomic mass is 10.4. The van der Waals surface area contributed by atoms with Crippen molar-refractivity contribution in [2.75, 3.05) is 5.75 Å². The lowest BCUT2D eigenvalue weighted by molar-refractivity contribution is -0.137. The van der Waals surface area contributed by atoms with Crippen molar-refractivity contribution < 1.29 is 23.1 Å². The molecule has 1 atom stereocenters. The Morgan fingerprint density at radius 1 is 1.58 bits per heavy atom. The van der Waals surface area contributed by atoms with Crippen LogP contribution in [0.5, 0.6) is 0 Å². The van der Waals surface area contributed by atoms with Gasteiger partial charge in [-0.25, -0.2) is 0 Å². The molecule has 0 amide bonds. The van der Waals surface area contributed by atoms with Gasteiger partial charge in [-0.2, -0.15) is 13.2 Å². The van der Waals surface area contributed by atoms with Gasteiger partial charge in [0, 0.05) is 5.75 Å². The van der Waals surface area contributed by atoms with Crippen LogP contribution < -0.4 is 5.73 Å². The van der Waals surface area contributed by atoms with Gasteiger partial charge < -0.3 is 10.8 Å². The molecule has 3 nitrogen and oxygen atoms in total. The fourth-order valence-electron chi connectivity index (χ4n) is 0.256. The molecule has 8 heteroatoms. The predicted molar refractivity (Wildman–Crippen MR) is 41.4 cm³/mol. The first-order chi connectivity index (χ1) is 4.83. The van der Waals surface area contributed by atoms with Gasteiger partial charge >= 0.3 is 11.5 Å². The molecule has 0 saturated carbocycles. The molecule has 0 aromatic carbocycles. The largest absolute Gasteiger partial charge is 0.480 e.